The van der Waals surface area contributed by atoms with Crippen LogP contribution in [0.5, 0.6) is 0 Å². The van der Waals surface area contributed by atoms with Crippen molar-refractivity contribution in [2.45, 2.75) is 89.0 Å². The summed E-state index contributed by atoms with van der Waals surface area (Å²) in [6.45, 7) is 6.07. The van der Waals surface area contributed by atoms with E-state index in [1.807, 2.05) is 13.8 Å². The van der Waals surface area contributed by atoms with E-state index in [1.165, 1.54) is 6.42 Å². The molecule has 4 aliphatic rings. The Hall–Kier alpha value is -1.67. The smallest absolute Gasteiger partial charge is 0.312 e. The van der Waals surface area contributed by atoms with Gasteiger partial charge in [-0.25, -0.2) is 0 Å². The van der Waals surface area contributed by atoms with Gasteiger partial charge in [-0.05, 0) is 45.4 Å². The first-order valence-corrected chi connectivity index (χ1v) is 11.9. The Balaban J connectivity index is 1.70. The van der Waals surface area contributed by atoms with Gasteiger partial charge in [0.05, 0.1) is 18.1 Å². The first-order valence-electron chi connectivity index (χ1n) is 11.9. The van der Waals surface area contributed by atoms with Crippen LogP contribution in [-0.4, -0.2) is 70.8 Å². The van der Waals surface area contributed by atoms with Crippen molar-refractivity contribution in [1.82, 2.24) is 10.2 Å². The van der Waals surface area contributed by atoms with E-state index in [1.54, 1.807) is 11.8 Å². The van der Waals surface area contributed by atoms with Crippen LogP contribution in [0.25, 0.3) is 0 Å². The zero-order valence-electron chi connectivity index (χ0n) is 18.9. The van der Waals surface area contributed by atoms with Crippen LogP contribution in [0.2, 0.25) is 0 Å². The molecule has 0 radical (unpaired) electrons. The highest BCUT2D eigenvalue weighted by Crippen LogP contribution is 2.65. The van der Waals surface area contributed by atoms with Crippen LogP contribution in [-0.2, 0) is 23.9 Å². The maximum Gasteiger partial charge on any atom is 0.312 e. The van der Waals surface area contributed by atoms with E-state index in [9.17, 15) is 19.5 Å². The number of ether oxygens (including phenoxy) is 2. The number of nitrogens with zero attached hydrogens (tertiary/aromatic N) is 1. The molecule has 3 heterocycles. The number of amides is 2. The van der Waals surface area contributed by atoms with E-state index in [0.717, 1.165) is 25.7 Å². The highest BCUT2D eigenvalue weighted by atomic mass is 16.6. The molecule has 2 N–H and O–H groups in total. The highest BCUT2D eigenvalue weighted by Gasteiger charge is 2.80. The molecule has 0 aromatic carbocycles. The number of esters is 1. The predicted octanol–water partition coefficient (Wildman–Crippen LogP) is 1.39. The predicted molar refractivity (Wildman–Crippen MR) is 112 cm³/mol. The minimum absolute atomic E-state index is 0.00808. The van der Waals surface area contributed by atoms with Crippen LogP contribution in [0.15, 0.2) is 0 Å². The molecule has 2 amide bonds. The molecular weight excluding hydrogens is 400 g/mol. The lowest BCUT2D eigenvalue weighted by atomic mass is 9.62. The first kappa shape index (κ1) is 22.5. The Kier molecular flexibility index (Phi) is 6.07. The zero-order valence-corrected chi connectivity index (χ0v) is 18.9. The number of hydrogen-bond acceptors (Lipinski definition) is 6. The molecule has 4 fully saturated rings. The summed E-state index contributed by atoms with van der Waals surface area (Å²) in [6, 6.07) is -0.680. The maximum absolute atomic E-state index is 13.6. The number of nitrogens with one attached hydrogen (secondary N) is 1. The van der Waals surface area contributed by atoms with Crippen LogP contribution < -0.4 is 5.32 Å². The molecule has 6 atom stereocenters. The van der Waals surface area contributed by atoms with Crippen LogP contribution >= 0.6 is 0 Å². The van der Waals surface area contributed by atoms with Gasteiger partial charge in [-0.2, -0.15) is 0 Å². The fraction of sp³-hybridized carbons (Fsp3) is 0.870. The highest BCUT2D eigenvalue weighted by molar-refractivity contribution is 5.98. The topological polar surface area (TPSA) is 105 Å². The Bertz CT molecular complexity index is 738. The molecular formula is C23H36N2O6. The average Bonchev–Trinajstić information content (AvgIpc) is 3.24. The third-order valence-corrected chi connectivity index (χ3v) is 8.11. The minimum Gasteiger partial charge on any atom is -0.466 e. The number of rotatable bonds is 7. The molecule has 1 spiro atoms. The van der Waals surface area contributed by atoms with E-state index in [2.05, 4.69) is 5.32 Å². The Morgan fingerprint density at radius 1 is 1.29 bits per heavy atom. The monoisotopic (exact) mass is 436 g/mol. The molecule has 3 aliphatic heterocycles. The Morgan fingerprint density at radius 3 is 2.65 bits per heavy atom. The van der Waals surface area contributed by atoms with Gasteiger partial charge in [-0.3, -0.25) is 14.4 Å². The number of hydrogen-bond donors (Lipinski definition) is 2. The Morgan fingerprint density at radius 2 is 2.00 bits per heavy atom. The third-order valence-electron chi connectivity index (χ3n) is 8.11. The molecule has 3 saturated heterocycles. The third kappa shape index (κ3) is 3.37. The molecule has 8 heteroatoms. The van der Waals surface area contributed by atoms with Crippen molar-refractivity contribution in [2.24, 2.45) is 17.8 Å². The summed E-state index contributed by atoms with van der Waals surface area (Å²) in [6.07, 6.45) is 6.18. The number of aliphatic hydroxyl groups is 1. The molecule has 174 valence electrons. The van der Waals surface area contributed by atoms with Gasteiger partial charge in [0.15, 0.2) is 0 Å². The average molecular weight is 437 g/mol. The Labute approximate surface area is 184 Å². The van der Waals surface area contributed by atoms with Crippen molar-refractivity contribution in [2.75, 3.05) is 19.8 Å². The van der Waals surface area contributed by atoms with Gasteiger partial charge >= 0.3 is 5.97 Å². The molecule has 31 heavy (non-hydrogen) atoms. The SMILES string of the molecule is CCOC(=O)[C@H]1[C@H]2C(=O)N(CCCO)C(C(=O)NC3CCCCC3)C23CC(C)[C@]1(C)O3. The van der Waals surface area contributed by atoms with Gasteiger partial charge in [0.2, 0.25) is 11.8 Å². The van der Waals surface area contributed by atoms with Gasteiger partial charge < -0.3 is 24.8 Å². The van der Waals surface area contributed by atoms with Crippen LogP contribution in [0.3, 0.4) is 0 Å². The quantitative estimate of drug-likeness (QED) is 0.585. The lowest BCUT2D eigenvalue weighted by Crippen LogP contribution is -2.57. The number of likely N-dealkylation sites (tertiary alicyclic amines) is 1. The van der Waals surface area contributed by atoms with Crippen molar-refractivity contribution in [1.29, 1.82) is 0 Å². The van der Waals surface area contributed by atoms with Crippen LogP contribution in [0.4, 0.5) is 0 Å². The largest absolute Gasteiger partial charge is 0.466 e. The van der Waals surface area contributed by atoms with Crippen molar-refractivity contribution in [3.63, 3.8) is 0 Å². The summed E-state index contributed by atoms with van der Waals surface area (Å²) in [5.74, 6) is -2.30. The normalized spacial score (nSPS) is 39.6. The van der Waals surface area contributed by atoms with E-state index in [-0.39, 0.29) is 43.5 Å². The van der Waals surface area contributed by atoms with Gasteiger partial charge in [0, 0.05) is 19.2 Å². The number of aliphatic hydroxyl groups excluding tert-OH is 1. The molecule has 0 aromatic rings. The summed E-state index contributed by atoms with van der Waals surface area (Å²) in [5.41, 5.74) is -1.87. The van der Waals surface area contributed by atoms with Crippen molar-refractivity contribution >= 4 is 17.8 Å². The summed E-state index contributed by atoms with van der Waals surface area (Å²) in [7, 11) is 0. The molecule has 2 bridgehead atoms. The number of fused-ring (bicyclic) bond motifs is 1. The maximum atomic E-state index is 13.6. The molecule has 1 aliphatic carbocycles. The lowest BCUT2D eigenvalue weighted by molar-refractivity contribution is -0.161. The first-order chi connectivity index (χ1) is 14.8. The van der Waals surface area contributed by atoms with E-state index < -0.39 is 35.0 Å². The van der Waals surface area contributed by atoms with Crippen LogP contribution in [0.1, 0.15) is 65.7 Å². The van der Waals surface area contributed by atoms with E-state index in [0.29, 0.717) is 12.8 Å². The minimum atomic E-state index is -1.03. The molecule has 1 saturated carbocycles. The van der Waals surface area contributed by atoms with Crippen LogP contribution in [0, 0.1) is 17.8 Å². The molecule has 8 nitrogen and oxygen atoms in total. The van der Waals surface area contributed by atoms with Crippen molar-refractivity contribution in [3.8, 4) is 0 Å². The molecule has 3 unspecified atom stereocenters. The second kappa shape index (κ2) is 8.35. The number of carbonyl (C=O) groups is 3. The molecule has 0 aromatic heterocycles. The summed E-state index contributed by atoms with van der Waals surface area (Å²) >= 11 is 0. The summed E-state index contributed by atoms with van der Waals surface area (Å²) in [5, 5.41) is 12.6. The fourth-order valence-corrected chi connectivity index (χ4v) is 6.64. The van der Waals surface area contributed by atoms with E-state index in [4.69, 9.17) is 9.47 Å². The van der Waals surface area contributed by atoms with Gasteiger partial charge in [0.1, 0.15) is 17.6 Å². The van der Waals surface area contributed by atoms with Gasteiger partial charge in [-0.15, -0.1) is 0 Å². The summed E-state index contributed by atoms with van der Waals surface area (Å²) < 4.78 is 11.9. The molecule has 4 rings (SSSR count). The van der Waals surface area contributed by atoms with Gasteiger partial charge in [-0.1, -0.05) is 26.2 Å². The standard InChI is InChI=1S/C23H36N2O6/c1-4-30-21(29)17-16-20(28)25(11-8-12-26)18(19(27)24-15-9-6-5-7-10-15)23(16)13-14(2)22(17,3)31-23/h14-18,26H,4-13H2,1-3H3,(H,24,27)/t14?,16-,17+,18?,22-,23?/m0/s1. The van der Waals surface area contributed by atoms with E-state index >= 15 is 0 Å². The van der Waals surface area contributed by atoms with Crippen molar-refractivity contribution < 1.29 is 29.0 Å². The second-order valence-corrected chi connectivity index (χ2v) is 9.91. The zero-order chi connectivity index (χ0) is 22.4. The summed E-state index contributed by atoms with van der Waals surface area (Å²) in [4.78, 5) is 41.8. The lowest BCUT2D eigenvalue weighted by Gasteiger charge is -2.36. The van der Waals surface area contributed by atoms with Gasteiger partial charge in [0.25, 0.3) is 0 Å². The van der Waals surface area contributed by atoms with Crippen molar-refractivity contribution in [3.05, 3.63) is 0 Å². The number of carbonyl (C=O) groups excluding carboxylic acids is 3. The fourth-order valence-electron chi connectivity index (χ4n) is 6.64. The second-order valence-electron chi connectivity index (χ2n) is 9.91.